The van der Waals surface area contributed by atoms with Crippen LogP contribution in [-0.4, -0.2) is 6.71 Å². The predicted octanol–water partition coefficient (Wildman–Crippen LogP) is 6.14. The van der Waals surface area contributed by atoms with Crippen molar-refractivity contribution in [3.8, 4) is 0 Å². The summed E-state index contributed by atoms with van der Waals surface area (Å²) in [6.07, 6.45) is 8.96. The van der Waals surface area contributed by atoms with Crippen LogP contribution in [0.25, 0.3) is 0 Å². The predicted molar refractivity (Wildman–Crippen MR) is 167 cm³/mol. The van der Waals surface area contributed by atoms with Gasteiger partial charge in [-0.15, -0.1) is 0 Å². The van der Waals surface area contributed by atoms with E-state index >= 15 is 0 Å². The van der Waals surface area contributed by atoms with Crippen LogP contribution in [0.3, 0.4) is 0 Å². The highest BCUT2D eigenvalue weighted by Gasteiger charge is 2.33. The van der Waals surface area contributed by atoms with Crippen molar-refractivity contribution >= 4 is 41.6 Å². The summed E-state index contributed by atoms with van der Waals surface area (Å²) in [7, 11) is -0.694. The van der Waals surface area contributed by atoms with E-state index in [4.69, 9.17) is 0 Å². The first-order chi connectivity index (χ1) is 17.8. The fourth-order valence-electron chi connectivity index (χ4n) is 6.20. The Balaban J connectivity index is 1.83. The largest absolute Gasteiger partial charge is 0.243 e. The maximum atomic E-state index is 2.39. The van der Waals surface area contributed by atoms with E-state index in [0.717, 1.165) is 0 Å². The van der Waals surface area contributed by atoms with Gasteiger partial charge in [0.1, 0.15) is 0 Å². The number of hydrogen-bond donors (Lipinski definition) is 0. The smallest absolute Gasteiger partial charge is 0.0760 e. The topological polar surface area (TPSA) is 0 Å². The second kappa shape index (κ2) is 10.7. The zero-order valence-electron chi connectivity index (χ0n) is 22.8. The molecule has 0 saturated carbocycles. The Bertz CT molecular complexity index is 1410. The lowest BCUT2D eigenvalue weighted by Gasteiger charge is -2.29. The molecule has 0 heterocycles. The molecule has 1 unspecified atom stereocenters. The summed E-state index contributed by atoms with van der Waals surface area (Å²) in [4.78, 5) is 0. The lowest BCUT2D eigenvalue weighted by molar-refractivity contribution is 1.34. The summed E-state index contributed by atoms with van der Waals surface area (Å²) < 4.78 is 0. The molecule has 0 aliphatic heterocycles. The van der Waals surface area contributed by atoms with Crippen LogP contribution in [-0.2, 0) is 0 Å². The molecule has 4 aromatic carbocycles. The van der Waals surface area contributed by atoms with Crippen LogP contribution in [0.15, 0.2) is 102 Å². The van der Waals surface area contributed by atoms with Crippen LogP contribution in [0.5, 0.6) is 0 Å². The molecule has 0 amide bonds. The number of benzene rings is 4. The van der Waals surface area contributed by atoms with Gasteiger partial charge in [0.2, 0.25) is 6.71 Å². The zero-order chi connectivity index (χ0) is 26.1. The molecule has 0 aromatic heterocycles. The van der Waals surface area contributed by atoms with E-state index < -0.39 is 7.92 Å². The molecule has 1 radical (unpaired) electrons. The molecule has 0 saturated heterocycles. The van der Waals surface area contributed by atoms with Gasteiger partial charge in [-0.1, -0.05) is 147 Å². The molecule has 1 aliphatic rings. The zero-order valence-corrected chi connectivity index (χ0v) is 23.7. The minimum absolute atomic E-state index is 0.168. The van der Waals surface area contributed by atoms with Crippen molar-refractivity contribution < 1.29 is 0 Å². The van der Waals surface area contributed by atoms with Crippen molar-refractivity contribution in [3.63, 3.8) is 0 Å². The molecule has 4 aromatic rings. The Morgan fingerprint density at radius 3 is 1.59 bits per heavy atom. The van der Waals surface area contributed by atoms with Crippen LogP contribution < -0.4 is 27.0 Å². The standard InChI is InChI=1S/C35H35BP/c1-24-20-26(3)34(27(4)21-24)36(35-28(5)22-25(2)23-29(35)6)32-18-12-13-19-33(32)37(31-16-10-11-17-31)30-14-8-7-9-15-30/h7-23H,1-6H3. The van der Waals surface area contributed by atoms with Gasteiger partial charge < -0.3 is 0 Å². The SMILES string of the molecule is Cc1cc(C)c(B(c2ccccc2P(C2=CC=C[CH]2)c2ccccc2)c2c(C)cc(C)cc2C)c(C)c1. The molecule has 0 spiro atoms. The van der Waals surface area contributed by atoms with E-state index in [0.29, 0.717) is 0 Å². The van der Waals surface area contributed by atoms with E-state index in [1.807, 2.05) is 0 Å². The second-order valence-electron chi connectivity index (χ2n) is 10.4. The van der Waals surface area contributed by atoms with E-state index in [1.54, 1.807) is 0 Å². The van der Waals surface area contributed by atoms with E-state index in [1.165, 1.54) is 65.7 Å². The van der Waals surface area contributed by atoms with Crippen molar-refractivity contribution in [2.75, 3.05) is 0 Å². The third kappa shape index (κ3) is 5.03. The lowest BCUT2D eigenvalue weighted by Crippen LogP contribution is -2.59. The number of rotatable bonds is 6. The molecule has 183 valence electrons. The summed E-state index contributed by atoms with van der Waals surface area (Å²) >= 11 is 0. The normalized spacial score (nSPS) is 13.5. The second-order valence-corrected chi connectivity index (χ2v) is 12.6. The van der Waals surface area contributed by atoms with E-state index in [-0.39, 0.29) is 6.71 Å². The Hall–Kier alpha value is -3.15. The molecular formula is C35H35BP. The summed E-state index contributed by atoms with van der Waals surface area (Å²) in [5.41, 5.74) is 12.4. The van der Waals surface area contributed by atoms with Crippen molar-refractivity contribution in [1.29, 1.82) is 0 Å². The van der Waals surface area contributed by atoms with Crippen LogP contribution in [0, 0.1) is 48.0 Å². The lowest BCUT2D eigenvalue weighted by atomic mass is 9.34. The average Bonchev–Trinajstić information content (AvgIpc) is 3.38. The fourth-order valence-corrected chi connectivity index (χ4v) is 8.69. The summed E-state index contributed by atoms with van der Waals surface area (Å²) in [5, 5.41) is 4.24. The number of aryl methyl sites for hydroxylation is 6. The maximum Gasteiger partial charge on any atom is 0.243 e. The van der Waals surface area contributed by atoms with Crippen molar-refractivity contribution in [1.82, 2.24) is 0 Å². The molecule has 0 N–H and O–H groups in total. The van der Waals surface area contributed by atoms with Crippen LogP contribution in [0.1, 0.15) is 33.4 Å². The maximum absolute atomic E-state index is 2.39. The van der Waals surface area contributed by atoms with Gasteiger partial charge in [0.05, 0.1) is 0 Å². The van der Waals surface area contributed by atoms with Gasteiger partial charge in [0.25, 0.3) is 0 Å². The van der Waals surface area contributed by atoms with E-state index in [9.17, 15) is 0 Å². The molecule has 1 atom stereocenters. The van der Waals surface area contributed by atoms with Crippen LogP contribution in [0.2, 0.25) is 0 Å². The van der Waals surface area contributed by atoms with Crippen molar-refractivity contribution in [2.45, 2.75) is 41.5 Å². The van der Waals surface area contributed by atoms with Gasteiger partial charge in [-0.05, 0) is 65.4 Å². The highest BCUT2D eigenvalue weighted by molar-refractivity contribution is 7.77. The first kappa shape index (κ1) is 25.5. The van der Waals surface area contributed by atoms with Gasteiger partial charge in [-0.3, -0.25) is 0 Å². The fraction of sp³-hybridized carbons (Fsp3) is 0.171. The molecule has 0 fully saturated rings. The minimum Gasteiger partial charge on any atom is -0.0760 e. The van der Waals surface area contributed by atoms with Gasteiger partial charge in [0, 0.05) is 6.42 Å². The highest BCUT2D eigenvalue weighted by Crippen LogP contribution is 2.45. The average molecular weight is 497 g/mol. The Morgan fingerprint density at radius 2 is 1.08 bits per heavy atom. The molecular weight excluding hydrogens is 462 g/mol. The third-order valence-electron chi connectivity index (χ3n) is 7.46. The van der Waals surface area contributed by atoms with Gasteiger partial charge >= 0.3 is 0 Å². The highest BCUT2D eigenvalue weighted by atomic mass is 31.1. The van der Waals surface area contributed by atoms with Gasteiger partial charge in [-0.2, -0.15) is 0 Å². The van der Waals surface area contributed by atoms with Gasteiger partial charge in [0.15, 0.2) is 0 Å². The minimum atomic E-state index is -0.694. The number of hydrogen-bond acceptors (Lipinski definition) is 0. The van der Waals surface area contributed by atoms with E-state index in [2.05, 4.69) is 145 Å². The molecule has 37 heavy (non-hydrogen) atoms. The van der Waals surface area contributed by atoms with Crippen LogP contribution >= 0.6 is 7.92 Å². The molecule has 2 heteroatoms. The molecule has 0 bridgehead atoms. The monoisotopic (exact) mass is 497 g/mol. The van der Waals surface area contributed by atoms with Gasteiger partial charge in [-0.25, -0.2) is 0 Å². The van der Waals surface area contributed by atoms with Crippen LogP contribution in [0.4, 0.5) is 0 Å². The van der Waals surface area contributed by atoms with Crippen molar-refractivity contribution in [2.24, 2.45) is 0 Å². The first-order valence-electron chi connectivity index (χ1n) is 13.2. The summed E-state index contributed by atoms with van der Waals surface area (Å²) in [5.74, 6) is 0. The molecule has 0 nitrogen and oxygen atoms in total. The third-order valence-corrected chi connectivity index (χ3v) is 9.98. The summed E-state index contributed by atoms with van der Waals surface area (Å²) in [6, 6.07) is 29.7. The Kier molecular flexibility index (Phi) is 7.37. The summed E-state index contributed by atoms with van der Waals surface area (Å²) in [6.45, 7) is 13.8. The first-order valence-corrected chi connectivity index (χ1v) is 14.5. The Morgan fingerprint density at radius 1 is 0.568 bits per heavy atom. The number of allylic oxidation sites excluding steroid dienone is 4. The molecule has 5 rings (SSSR count). The molecule has 1 aliphatic carbocycles. The Labute approximate surface area is 225 Å². The quantitative estimate of drug-likeness (QED) is 0.222. The van der Waals surface area contributed by atoms with Crippen molar-refractivity contribution in [3.05, 3.63) is 142 Å².